The molecule has 6 nitrogen and oxygen atoms in total. The molecule has 0 radical (unpaired) electrons. The van der Waals surface area contributed by atoms with Crippen molar-refractivity contribution < 1.29 is 19.1 Å². The summed E-state index contributed by atoms with van der Waals surface area (Å²) < 4.78 is 11.2. The Labute approximate surface area is 188 Å². The molecule has 0 aliphatic heterocycles. The first-order valence-electron chi connectivity index (χ1n) is 10.7. The summed E-state index contributed by atoms with van der Waals surface area (Å²) in [5.74, 6) is 0.690. The smallest absolute Gasteiger partial charge is 0.251 e. The van der Waals surface area contributed by atoms with Crippen LogP contribution in [0.1, 0.15) is 54.4 Å². The van der Waals surface area contributed by atoms with E-state index in [0.717, 1.165) is 18.4 Å². The van der Waals surface area contributed by atoms with E-state index in [-0.39, 0.29) is 37.4 Å². The normalized spacial score (nSPS) is 14.0. The van der Waals surface area contributed by atoms with Crippen molar-refractivity contribution in [1.82, 2.24) is 10.6 Å². The van der Waals surface area contributed by atoms with Crippen LogP contribution in [-0.2, 0) is 11.4 Å². The maximum atomic E-state index is 12.5. The van der Waals surface area contributed by atoms with Gasteiger partial charge in [0.1, 0.15) is 6.61 Å². The molecule has 1 aliphatic carbocycles. The second-order valence-corrected chi connectivity index (χ2v) is 8.06. The van der Waals surface area contributed by atoms with Gasteiger partial charge in [-0.25, -0.2) is 0 Å². The molecule has 0 spiro atoms. The first kappa shape index (κ1) is 22.9. The minimum Gasteiger partial charge on any atom is -0.493 e. The summed E-state index contributed by atoms with van der Waals surface area (Å²) in [7, 11) is 1.52. The minimum atomic E-state index is -0.263. The first-order chi connectivity index (χ1) is 15.1. The molecule has 1 aliphatic rings. The number of hydrogen-bond donors (Lipinski definition) is 2. The van der Waals surface area contributed by atoms with Gasteiger partial charge in [0, 0.05) is 35.2 Å². The largest absolute Gasteiger partial charge is 0.493 e. The number of rotatable bonds is 9. The van der Waals surface area contributed by atoms with Crippen LogP contribution in [0.25, 0.3) is 0 Å². The highest BCUT2D eigenvalue weighted by molar-refractivity contribution is 6.31. The maximum absolute atomic E-state index is 12.5. The zero-order chi connectivity index (χ0) is 22.1. The van der Waals surface area contributed by atoms with Crippen molar-refractivity contribution in [3.63, 3.8) is 0 Å². The third-order valence-corrected chi connectivity index (χ3v) is 5.74. The Morgan fingerprint density at radius 3 is 2.58 bits per heavy atom. The van der Waals surface area contributed by atoms with Gasteiger partial charge in [-0.2, -0.15) is 0 Å². The van der Waals surface area contributed by atoms with E-state index in [1.54, 1.807) is 24.3 Å². The number of hydrogen-bond acceptors (Lipinski definition) is 4. The van der Waals surface area contributed by atoms with Crippen LogP contribution in [-0.4, -0.2) is 31.5 Å². The molecule has 0 bridgehead atoms. The molecule has 2 aromatic rings. The Morgan fingerprint density at radius 1 is 1.06 bits per heavy atom. The third-order valence-electron chi connectivity index (χ3n) is 5.37. The Morgan fingerprint density at radius 2 is 1.84 bits per heavy atom. The molecule has 0 atom stereocenters. The highest BCUT2D eigenvalue weighted by atomic mass is 35.5. The van der Waals surface area contributed by atoms with E-state index >= 15 is 0 Å². The molecule has 3 rings (SSSR count). The monoisotopic (exact) mass is 444 g/mol. The zero-order valence-corrected chi connectivity index (χ0v) is 18.5. The van der Waals surface area contributed by atoms with Crippen molar-refractivity contribution in [3.05, 3.63) is 58.6 Å². The fourth-order valence-corrected chi connectivity index (χ4v) is 3.83. The van der Waals surface area contributed by atoms with Gasteiger partial charge in [-0.15, -0.1) is 0 Å². The van der Waals surface area contributed by atoms with Crippen LogP contribution in [0, 0.1) is 0 Å². The van der Waals surface area contributed by atoms with Crippen molar-refractivity contribution in [3.8, 4) is 11.5 Å². The van der Waals surface area contributed by atoms with E-state index in [2.05, 4.69) is 10.6 Å². The molecular formula is C24H29ClN2O4. The molecule has 166 valence electrons. The summed E-state index contributed by atoms with van der Waals surface area (Å²) >= 11 is 6.16. The fourth-order valence-electron chi connectivity index (χ4n) is 3.64. The number of ether oxygens (including phenoxy) is 2. The zero-order valence-electron chi connectivity index (χ0n) is 17.8. The Bertz CT molecular complexity index is 897. The van der Waals surface area contributed by atoms with Crippen molar-refractivity contribution in [2.75, 3.05) is 13.7 Å². The van der Waals surface area contributed by atoms with Crippen molar-refractivity contribution >= 4 is 23.4 Å². The van der Waals surface area contributed by atoms with Gasteiger partial charge in [-0.3, -0.25) is 9.59 Å². The lowest BCUT2D eigenvalue weighted by molar-refractivity contribution is -0.121. The molecule has 2 aromatic carbocycles. The van der Waals surface area contributed by atoms with Gasteiger partial charge >= 0.3 is 0 Å². The standard InChI is InChI=1S/C24H29ClN2O4/c1-30-22-15-17(11-12-21(22)31-16-18-7-5-6-10-20(18)25)24(29)26-14-13-23(28)27-19-8-3-2-4-9-19/h5-7,10-12,15,19H,2-4,8-9,13-14,16H2,1H3,(H,26,29)(H,27,28). The van der Waals surface area contributed by atoms with Crippen LogP contribution in [0.5, 0.6) is 11.5 Å². The summed E-state index contributed by atoms with van der Waals surface area (Å²) in [5, 5.41) is 6.47. The molecule has 2 amide bonds. The Balaban J connectivity index is 1.49. The molecule has 31 heavy (non-hydrogen) atoms. The fraction of sp³-hybridized carbons (Fsp3) is 0.417. The molecule has 0 unspecified atom stereocenters. The molecule has 1 fully saturated rings. The average Bonchev–Trinajstić information content (AvgIpc) is 2.79. The van der Waals surface area contributed by atoms with Crippen LogP contribution < -0.4 is 20.1 Å². The number of nitrogens with one attached hydrogen (secondary N) is 2. The van der Waals surface area contributed by atoms with Gasteiger partial charge in [0.05, 0.1) is 7.11 Å². The highest BCUT2D eigenvalue weighted by Crippen LogP contribution is 2.29. The number of amides is 2. The maximum Gasteiger partial charge on any atom is 0.251 e. The first-order valence-corrected chi connectivity index (χ1v) is 11.1. The summed E-state index contributed by atoms with van der Waals surface area (Å²) in [6.45, 7) is 0.572. The topological polar surface area (TPSA) is 76.7 Å². The van der Waals surface area contributed by atoms with Gasteiger partial charge in [0.15, 0.2) is 11.5 Å². The predicted molar refractivity (Wildman–Crippen MR) is 121 cm³/mol. The summed E-state index contributed by atoms with van der Waals surface area (Å²) in [5.41, 5.74) is 1.30. The van der Waals surface area contributed by atoms with Crippen molar-refractivity contribution in [1.29, 1.82) is 0 Å². The molecule has 1 saturated carbocycles. The summed E-state index contributed by atoms with van der Waals surface area (Å²) in [6.07, 6.45) is 5.93. The molecule has 2 N–H and O–H groups in total. The Hall–Kier alpha value is -2.73. The molecule has 7 heteroatoms. The van der Waals surface area contributed by atoms with Gasteiger partial charge in [-0.1, -0.05) is 49.1 Å². The number of carbonyl (C=O) groups excluding carboxylic acids is 2. The highest BCUT2D eigenvalue weighted by Gasteiger charge is 2.16. The number of benzene rings is 2. The van der Waals surface area contributed by atoms with E-state index in [9.17, 15) is 9.59 Å². The number of methoxy groups -OCH3 is 1. The lowest BCUT2D eigenvalue weighted by Crippen LogP contribution is -2.38. The molecular weight excluding hydrogens is 416 g/mol. The van der Waals surface area contributed by atoms with Crippen LogP contribution in [0.3, 0.4) is 0 Å². The van der Waals surface area contributed by atoms with Crippen molar-refractivity contribution in [2.24, 2.45) is 0 Å². The van der Waals surface area contributed by atoms with Crippen LogP contribution >= 0.6 is 11.6 Å². The third kappa shape index (κ3) is 6.89. The molecule has 0 aromatic heterocycles. The summed E-state index contributed by atoms with van der Waals surface area (Å²) in [4.78, 5) is 24.5. The van der Waals surface area contributed by atoms with Crippen LogP contribution in [0.2, 0.25) is 5.02 Å². The second kappa shape index (κ2) is 11.6. The van der Waals surface area contributed by atoms with Gasteiger partial charge in [-0.05, 0) is 37.1 Å². The molecule has 0 saturated heterocycles. The molecule has 0 heterocycles. The van der Waals surface area contributed by atoms with Gasteiger partial charge in [0.25, 0.3) is 5.91 Å². The van der Waals surface area contributed by atoms with Crippen LogP contribution in [0.15, 0.2) is 42.5 Å². The van der Waals surface area contributed by atoms with E-state index in [1.807, 2.05) is 18.2 Å². The van der Waals surface area contributed by atoms with Crippen molar-refractivity contribution in [2.45, 2.75) is 51.2 Å². The second-order valence-electron chi connectivity index (χ2n) is 7.65. The number of carbonyl (C=O) groups is 2. The SMILES string of the molecule is COc1cc(C(=O)NCCC(=O)NC2CCCCC2)ccc1OCc1ccccc1Cl. The average molecular weight is 445 g/mol. The van der Waals surface area contributed by atoms with Crippen LogP contribution in [0.4, 0.5) is 0 Å². The van der Waals surface area contributed by atoms with E-state index in [1.165, 1.54) is 26.4 Å². The predicted octanol–water partition coefficient (Wildman–Crippen LogP) is 4.50. The Kier molecular flexibility index (Phi) is 8.59. The van der Waals surface area contributed by atoms with E-state index in [4.69, 9.17) is 21.1 Å². The quantitative estimate of drug-likeness (QED) is 0.597. The lowest BCUT2D eigenvalue weighted by Gasteiger charge is -2.22. The van der Waals surface area contributed by atoms with E-state index < -0.39 is 0 Å². The number of halogens is 1. The minimum absolute atomic E-state index is 0.0203. The summed E-state index contributed by atoms with van der Waals surface area (Å²) in [6, 6.07) is 12.7. The lowest BCUT2D eigenvalue weighted by atomic mass is 9.95. The van der Waals surface area contributed by atoms with E-state index in [0.29, 0.717) is 22.1 Å². The van der Waals surface area contributed by atoms with Gasteiger partial charge in [0.2, 0.25) is 5.91 Å². The van der Waals surface area contributed by atoms with Gasteiger partial charge < -0.3 is 20.1 Å².